The van der Waals surface area contributed by atoms with Gasteiger partial charge in [-0.3, -0.25) is 9.78 Å². The molecule has 0 bridgehead atoms. The molecule has 1 aliphatic rings. The maximum atomic E-state index is 13.3. The van der Waals surface area contributed by atoms with E-state index >= 15 is 0 Å². The van der Waals surface area contributed by atoms with Gasteiger partial charge in [0.05, 0.1) is 17.1 Å². The Morgan fingerprint density at radius 1 is 1.19 bits per heavy atom. The number of allylic oxidation sites excluding steroid dienone is 1. The van der Waals surface area contributed by atoms with Crippen LogP contribution in [-0.4, -0.2) is 23.1 Å². The van der Waals surface area contributed by atoms with Crippen molar-refractivity contribution >= 4 is 40.4 Å². The predicted molar refractivity (Wildman–Crippen MR) is 121 cm³/mol. The topological polar surface area (TPSA) is 133 Å². The number of hydrogen-bond acceptors (Lipinski definition) is 5. The zero-order valence-corrected chi connectivity index (χ0v) is 17.1. The molecule has 8 heteroatoms. The Bertz CT molecular complexity index is 1260. The van der Waals surface area contributed by atoms with Crippen LogP contribution >= 0.6 is 0 Å². The molecular formula is C23H22N6O2. The lowest BCUT2D eigenvalue weighted by atomic mass is 9.92. The number of amides is 3. The summed E-state index contributed by atoms with van der Waals surface area (Å²) in [5.74, 6) is -0.372. The van der Waals surface area contributed by atoms with E-state index < -0.39 is 6.04 Å². The molecule has 0 fully saturated rings. The van der Waals surface area contributed by atoms with E-state index in [-0.39, 0.29) is 11.9 Å². The van der Waals surface area contributed by atoms with Crippen LogP contribution in [0.5, 0.6) is 0 Å². The molecule has 6 N–H and O–H groups in total. The second-order valence-corrected chi connectivity index (χ2v) is 7.37. The molecule has 0 radical (unpaired) electrons. The fourth-order valence-electron chi connectivity index (χ4n) is 3.72. The summed E-state index contributed by atoms with van der Waals surface area (Å²) in [6.07, 6.45) is 1.13. The van der Waals surface area contributed by atoms with Crippen LogP contribution in [0.1, 0.15) is 29.8 Å². The number of para-hydroxylation sites is 1. The molecule has 0 saturated carbocycles. The number of carbonyl (C=O) groups excluding carboxylic acids is 2. The lowest BCUT2D eigenvalue weighted by Gasteiger charge is -2.29. The molecule has 1 atom stereocenters. The van der Waals surface area contributed by atoms with Crippen molar-refractivity contribution in [1.82, 2.24) is 15.6 Å². The van der Waals surface area contributed by atoms with E-state index in [2.05, 4.69) is 20.9 Å². The lowest BCUT2D eigenvalue weighted by Crippen LogP contribution is -2.46. The fraction of sp³-hybridized carbons (Fsp3) is 0.130. The fourth-order valence-corrected chi connectivity index (χ4v) is 3.72. The standard InChI is InChI=1S/C23H22N6O2/c1-12-17(10-14-5-3-4-6-19(14)26-12)21-20(13(2)27-23(31)29-21)22(30)28-16-7-8-18(25)15(9-16)11-24/h3-11,21,24H,25H2,1-2H3,(H,28,30)(H2,27,29,31). The van der Waals surface area contributed by atoms with Gasteiger partial charge in [-0.15, -0.1) is 0 Å². The zero-order chi connectivity index (χ0) is 22.1. The number of nitrogens with zero attached hydrogens (tertiary/aromatic N) is 1. The number of rotatable bonds is 4. The number of hydrogen-bond donors (Lipinski definition) is 5. The van der Waals surface area contributed by atoms with Gasteiger partial charge >= 0.3 is 6.03 Å². The first-order chi connectivity index (χ1) is 14.9. The van der Waals surface area contributed by atoms with Gasteiger partial charge in [-0.05, 0) is 44.2 Å². The van der Waals surface area contributed by atoms with E-state index in [0.717, 1.165) is 28.4 Å². The highest BCUT2D eigenvalue weighted by molar-refractivity contribution is 6.07. The minimum absolute atomic E-state index is 0.372. The van der Waals surface area contributed by atoms with Crippen LogP contribution in [-0.2, 0) is 4.79 Å². The number of benzene rings is 2. The van der Waals surface area contributed by atoms with E-state index in [1.807, 2.05) is 37.3 Å². The third kappa shape index (κ3) is 3.83. The highest BCUT2D eigenvalue weighted by atomic mass is 16.2. The number of carbonyl (C=O) groups is 2. The largest absolute Gasteiger partial charge is 0.398 e. The second kappa shape index (κ2) is 7.91. The van der Waals surface area contributed by atoms with Crippen LogP contribution in [0.3, 0.4) is 0 Å². The van der Waals surface area contributed by atoms with Crippen LogP contribution in [0.15, 0.2) is 59.8 Å². The van der Waals surface area contributed by atoms with E-state index in [9.17, 15) is 9.59 Å². The number of urea groups is 1. The monoisotopic (exact) mass is 414 g/mol. The Morgan fingerprint density at radius 2 is 1.97 bits per heavy atom. The van der Waals surface area contributed by atoms with Crippen molar-refractivity contribution in [3.63, 3.8) is 0 Å². The summed E-state index contributed by atoms with van der Waals surface area (Å²) in [6, 6.07) is 13.5. The Balaban J connectivity index is 1.75. The van der Waals surface area contributed by atoms with Crippen LogP contribution < -0.4 is 21.7 Å². The molecule has 1 aromatic heterocycles. The van der Waals surface area contributed by atoms with Gasteiger partial charge in [0.1, 0.15) is 0 Å². The molecule has 1 aliphatic heterocycles. The first-order valence-electron chi connectivity index (χ1n) is 9.73. The first-order valence-corrected chi connectivity index (χ1v) is 9.73. The molecule has 3 amide bonds. The molecule has 4 rings (SSSR count). The molecule has 0 saturated heterocycles. The minimum Gasteiger partial charge on any atom is -0.398 e. The number of aromatic nitrogens is 1. The Hall–Kier alpha value is -4.20. The summed E-state index contributed by atoms with van der Waals surface area (Å²) in [7, 11) is 0. The number of pyridine rings is 1. The van der Waals surface area contributed by atoms with Crippen molar-refractivity contribution in [2.75, 3.05) is 11.1 Å². The van der Waals surface area contributed by atoms with Gasteiger partial charge in [0.25, 0.3) is 5.91 Å². The molecule has 3 aromatic rings. The zero-order valence-electron chi connectivity index (χ0n) is 17.1. The van der Waals surface area contributed by atoms with Crippen LogP contribution in [0.25, 0.3) is 10.9 Å². The smallest absolute Gasteiger partial charge is 0.319 e. The summed E-state index contributed by atoms with van der Waals surface area (Å²) < 4.78 is 0. The van der Waals surface area contributed by atoms with Gasteiger partial charge in [0.15, 0.2) is 0 Å². The predicted octanol–water partition coefficient (Wildman–Crippen LogP) is 3.39. The Labute approximate surface area is 179 Å². The molecule has 0 spiro atoms. The third-order valence-corrected chi connectivity index (χ3v) is 5.28. The van der Waals surface area contributed by atoms with Crippen molar-refractivity contribution in [3.8, 4) is 0 Å². The van der Waals surface area contributed by atoms with Gasteiger partial charge in [0.2, 0.25) is 0 Å². The molecule has 1 unspecified atom stereocenters. The maximum absolute atomic E-state index is 13.3. The summed E-state index contributed by atoms with van der Waals surface area (Å²) in [5, 5.41) is 16.8. The van der Waals surface area contributed by atoms with Crippen molar-refractivity contribution < 1.29 is 9.59 Å². The van der Waals surface area contributed by atoms with E-state index in [0.29, 0.717) is 28.2 Å². The SMILES string of the molecule is CC1=C(C(=O)Nc2ccc(N)c(C=N)c2)C(c2cc3ccccc3nc2C)NC(=O)N1. The van der Waals surface area contributed by atoms with Crippen molar-refractivity contribution in [3.05, 3.63) is 76.6 Å². The first kappa shape index (κ1) is 20.1. The maximum Gasteiger partial charge on any atom is 0.319 e. The van der Waals surface area contributed by atoms with Crippen LogP contribution in [0.4, 0.5) is 16.2 Å². The quantitative estimate of drug-likeness (QED) is 0.330. The average molecular weight is 414 g/mol. The molecule has 2 heterocycles. The minimum atomic E-state index is -0.665. The molecule has 8 nitrogen and oxygen atoms in total. The summed E-state index contributed by atoms with van der Waals surface area (Å²) in [4.78, 5) is 30.1. The Kier molecular flexibility index (Phi) is 5.12. The summed E-state index contributed by atoms with van der Waals surface area (Å²) in [5.41, 5.74) is 10.4. The van der Waals surface area contributed by atoms with Gasteiger partial charge in [-0.25, -0.2) is 4.79 Å². The number of nitrogens with one attached hydrogen (secondary N) is 4. The van der Waals surface area contributed by atoms with Crippen molar-refractivity contribution in [2.45, 2.75) is 19.9 Å². The van der Waals surface area contributed by atoms with E-state index in [1.54, 1.807) is 25.1 Å². The van der Waals surface area contributed by atoms with Crippen LogP contribution in [0.2, 0.25) is 0 Å². The molecule has 0 aliphatic carbocycles. The number of nitrogen functional groups attached to an aromatic ring is 1. The number of anilines is 2. The normalized spacial score (nSPS) is 15.9. The number of fused-ring (bicyclic) bond motifs is 1. The molecule has 156 valence electrons. The molecular weight excluding hydrogens is 392 g/mol. The van der Waals surface area contributed by atoms with Crippen LogP contribution in [0, 0.1) is 12.3 Å². The second-order valence-electron chi connectivity index (χ2n) is 7.37. The lowest BCUT2D eigenvalue weighted by molar-refractivity contribution is -0.113. The van der Waals surface area contributed by atoms with Gasteiger partial charge in [0, 0.05) is 45.5 Å². The molecule has 2 aromatic carbocycles. The van der Waals surface area contributed by atoms with E-state index in [1.165, 1.54) is 0 Å². The average Bonchev–Trinajstić information content (AvgIpc) is 2.73. The Morgan fingerprint density at radius 3 is 2.74 bits per heavy atom. The number of nitrogens with two attached hydrogens (primary N) is 1. The van der Waals surface area contributed by atoms with Gasteiger partial charge in [-0.2, -0.15) is 0 Å². The molecule has 31 heavy (non-hydrogen) atoms. The highest BCUT2D eigenvalue weighted by Crippen LogP contribution is 2.31. The highest BCUT2D eigenvalue weighted by Gasteiger charge is 2.32. The van der Waals surface area contributed by atoms with Gasteiger partial charge in [-0.1, -0.05) is 18.2 Å². The van der Waals surface area contributed by atoms with Crippen molar-refractivity contribution in [1.29, 1.82) is 5.41 Å². The third-order valence-electron chi connectivity index (χ3n) is 5.28. The van der Waals surface area contributed by atoms with Gasteiger partial charge < -0.3 is 27.1 Å². The number of aryl methyl sites for hydroxylation is 1. The van der Waals surface area contributed by atoms with E-state index in [4.69, 9.17) is 11.1 Å². The summed E-state index contributed by atoms with van der Waals surface area (Å²) in [6.45, 7) is 3.55. The summed E-state index contributed by atoms with van der Waals surface area (Å²) >= 11 is 0. The van der Waals surface area contributed by atoms with Crippen molar-refractivity contribution in [2.24, 2.45) is 0 Å².